The first-order valence-electron chi connectivity index (χ1n) is 4.27. The van der Waals surface area contributed by atoms with E-state index < -0.39 is 0 Å². The second-order valence-corrected chi connectivity index (χ2v) is 3.57. The zero-order valence-corrected chi connectivity index (χ0v) is 8.45. The van der Waals surface area contributed by atoms with Crippen molar-refractivity contribution in [1.82, 2.24) is 5.32 Å². The van der Waals surface area contributed by atoms with Gasteiger partial charge in [-0.1, -0.05) is 0 Å². The van der Waals surface area contributed by atoms with Crippen LogP contribution in [-0.4, -0.2) is 31.0 Å². The average molecular weight is 190 g/mol. The third kappa shape index (κ3) is 7.88. The van der Waals surface area contributed by atoms with Crippen molar-refractivity contribution in [1.29, 1.82) is 0 Å². The van der Waals surface area contributed by atoms with E-state index in [1.807, 2.05) is 0 Å². The summed E-state index contributed by atoms with van der Waals surface area (Å²) < 4.78 is 0. The molecule has 0 aliphatic carbocycles. The number of rotatable bonds is 7. The second-order valence-electron chi connectivity index (χ2n) is 2.59. The first-order valence-corrected chi connectivity index (χ1v) is 5.66. The van der Waals surface area contributed by atoms with E-state index in [4.69, 9.17) is 5.73 Å². The number of hydrogen-bond donors (Lipinski definition) is 2. The van der Waals surface area contributed by atoms with Gasteiger partial charge < -0.3 is 11.1 Å². The maximum Gasteiger partial charge on any atom is 0.220 e. The van der Waals surface area contributed by atoms with E-state index in [9.17, 15) is 4.79 Å². The van der Waals surface area contributed by atoms with Crippen LogP contribution in [0.2, 0.25) is 0 Å². The first kappa shape index (κ1) is 11.8. The lowest BCUT2D eigenvalue weighted by Crippen LogP contribution is -2.25. The molecule has 0 aliphatic rings. The van der Waals surface area contributed by atoms with Crippen molar-refractivity contribution >= 4 is 17.7 Å². The summed E-state index contributed by atoms with van der Waals surface area (Å²) in [5, 5.41) is 2.84. The molecule has 0 spiro atoms. The molecule has 0 saturated carbocycles. The zero-order valence-electron chi connectivity index (χ0n) is 7.64. The number of amides is 1. The molecule has 0 unspecified atom stereocenters. The molecular formula is C8H18N2OS. The molecule has 0 aromatic carbocycles. The van der Waals surface area contributed by atoms with Gasteiger partial charge in [-0.2, -0.15) is 11.8 Å². The molecule has 3 nitrogen and oxygen atoms in total. The molecular weight excluding hydrogens is 172 g/mol. The number of thioether (sulfide) groups is 1. The van der Waals surface area contributed by atoms with E-state index in [1.165, 1.54) is 0 Å². The highest BCUT2D eigenvalue weighted by Gasteiger charge is 1.97. The summed E-state index contributed by atoms with van der Waals surface area (Å²) in [4.78, 5) is 11.0. The van der Waals surface area contributed by atoms with Gasteiger partial charge in [-0.25, -0.2) is 0 Å². The molecule has 3 N–H and O–H groups in total. The van der Waals surface area contributed by atoms with E-state index in [0.29, 0.717) is 13.0 Å². The third-order valence-electron chi connectivity index (χ3n) is 1.46. The van der Waals surface area contributed by atoms with Crippen LogP contribution < -0.4 is 11.1 Å². The summed E-state index contributed by atoms with van der Waals surface area (Å²) in [5.41, 5.74) is 5.27. The van der Waals surface area contributed by atoms with Gasteiger partial charge in [-0.15, -0.1) is 0 Å². The molecule has 0 heterocycles. The van der Waals surface area contributed by atoms with Crippen LogP contribution in [0.25, 0.3) is 0 Å². The summed E-state index contributed by atoms with van der Waals surface area (Å²) in [5.74, 6) is 1.23. The lowest BCUT2D eigenvalue weighted by Gasteiger charge is -2.02. The van der Waals surface area contributed by atoms with Crippen molar-refractivity contribution in [2.24, 2.45) is 5.73 Å². The van der Waals surface area contributed by atoms with Gasteiger partial charge in [-0.3, -0.25) is 4.79 Å². The Hall–Kier alpha value is -0.220. The maximum absolute atomic E-state index is 11.0. The molecule has 1 amide bonds. The van der Waals surface area contributed by atoms with Gasteiger partial charge in [0.2, 0.25) is 5.91 Å². The highest BCUT2D eigenvalue weighted by atomic mass is 32.2. The van der Waals surface area contributed by atoms with Gasteiger partial charge in [0.15, 0.2) is 0 Å². The highest BCUT2D eigenvalue weighted by Crippen LogP contribution is 1.93. The van der Waals surface area contributed by atoms with Gasteiger partial charge in [-0.05, 0) is 31.4 Å². The van der Waals surface area contributed by atoms with Crippen LogP contribution in [0.4, 0.5) is 0 Å². The zero-order chi connectivity index (χ0) is 9.23. The number of hydrogen-bond acceptors (Lipinski definition) is 3. The lowest BCUT2D eigenvalue weighted by molar-refractivity contribution is -0.121. The van der Waals surface area contributed by atoms with Crippen LogP contribution in [0.1, 0.15) is 19.3 Å². The first-order chi connectivity index (χ1) is 5.81. The fourth-order valence-electron chi connectivity index (χ4n) is 0.795. The molecule has 0 aliphatic heterocycles. The van der Waals surface area contributed by atoms with Gasteiger partial charge >= 0.3 is 0 Å². The van der Waals surface area contributed by atoms with Gasteiger partial charge in [0.1, 0.15) is 0 Å². The smallest absolute Gasteiger partial charge is 0.220 e. The summed E-state index contributed by atoms with van der Waals surface area (Å²) in [6, 6.07) is 0. The van der Waals surface area contributed by atoms with Crippen LogP contribution in [0.3, 0.4) is 0 Å². The van der Waals surface area contributed by atoms with Crippen molar-refractivity contribution in [3.05, 3.63) is 0 Å². The predicted octanol–water partition coefficient (Wildman–Crippen LogP) is 0.595. The molecule has 72 valence electrons. The van der Waals surface area contributed by atoms with Crippen LogP contribution >= 0.6 is 11.8 Å². The fourth-order valence-corrected chi connectivity index (χ4v) is 1.23. The van der Waals surface area contributed by atoms with E-state index in [2.05, 4.69) is 11.6 Å². The molecule has 12 heavy (non-hydrogen) atoms. The molecule has 0 atom stereocenters. The van der Waals surface area contributed by atoms with E-state index in [1.54, 1.807) is 11.8 Å². The standard InChI is InChI=1S/C8H18N2OS/c1-12-7-3-6-10-8(11)4-2-5-9/h2-7,9H2,1H3,(H,10,11). The number of carbonyl (C=O) groups excluding carboxylic acids is 1. The minimum atomic E-state index is 0.126. The molecule has 0 saturated heterocycles. The summed E-state index contributed by atoms with van der Waals surface area (Å²) in [6.07, 6.45) is 4.47. The Morgan fingerprint density at radius 3 is 2.83 bits per heavy atom. The quantitative estimate of drug-likeness (QED) is 0.578. The fraction of sp³-hybridized carbons (Fsp3) is 0.875. The minimum Gasteiger partial charge on any atom is -0.356 e. The molecule has 0 bridgehead atoms. The molecule has 0 fully saturated rings. The van der Waals surface area contributed by atoms with Crippen LogP contribution in [-0.2, 0) is 4.79 Å². The average Bonchev–Trinajstić information content (AvgIpc) is 2.09. The van der Waals surface area contributed by atoms with Crippen LogP contribution in [0.5, 0.6) is 0 Å². The molecule has 0 aromatic rings. The number of carbonyl (C=O) groups is 1. The Labute approximate surface area is 78.5 Å². The van der Waals surface area contributed by atoms with Crippen molar-refractivity contribution < 1.29 is 4.79 Å². The largest absolute Gasteiger partial charge is 0.356 e. The predicted molar refractivity (Wildman–Crippen MR) is 54.3 cm³/mol. The topological polar surface area (TPSA) is 55.1 Å². The molecule has 0 aromatic heterocycles. The van der Waals surface area contributed by atoms with Gasteiger partial charge in [0, 0.05) is 13.0 Å². The van der Waals surface area contributed by atoms with E-state index >= 15 is 0 Å². The Kier molecular flexibility index (Phi) is 8.71. The summed E-state index contributed by atoms with van der Waals surface area (Å²) in [6.45, 7) is 1.39. The molecule has 0 rings (SSSR count). The van der Waals surface area contributed by atoms with Crippen molar-refractivity contribution in [3.8, 4) is 0 Å². The molecule has 4 heteroatoms. The lowest BCUT2D eigenvalue weighted by atomic mass is 10.3. The molecule has 0 radical (unpaired) electrons. The second kappa shape index (κ2) is 8.87. The van der Waals surface area contributed by atoms with Crippen molar-refractivity contribution in [2.45, 2.75) is 19.3 Å². The Morgan fingerprint density at radius 2 is 2.25 bits per heavy atom. The monoisotopic (exact) mass is 190 g/mol. The SMILES string of the molecule is CSCCCNC(=O)CCCN. The Morgan fingerprint density at radius 1 is 1.50 bits per heavy atom. The summed E-state index contributed by atoms with van der Waals surface area (Å²) in [7, 11) is 0. The number of nitrogens with one attached hydrogen (secondary N) is 1. The third-order valence-corrected chi connectivity index (χ3v) is 2.15. The van der Waals surface area contributed by atoms with Crippen molar-refractivity contribution in [3.63, 3.8) is 0 Å². The van der Waals surface area contributed by atoms with Crippen LogP contribution in [0, 0.1) is 0 Å². The van der Waals surface area contributed by atoms with Gasteiger partial charge in [0.05, 0.1) is 0 Å². The Balaban J connectivity index is 3.08. The van der Waals surface area contributed by atoms with Gasteiger partial charge in [0.25, 0.3) is 0 Å². The number of nitrogens with two attached hydrogens (primary N) is 1. The van der Waals surface area contributed by atoms with Crippen LogP contribution in [0.15, 0.2) is 0 Å². The van der Waals surface area contributed by atoms with E-state index in [0.717, 1.165) is 25.1 Å². The maximum atomic E-state index is 11.0. The highest BCUT2D eigenvalue weighted by molar-refractivity contribution is 7.98. The van der Waals surface area contributed by atoms with E-state index in [-0.39, 0.29) is 5.91 Å². The normalized spacial score (nSPS) is 9.83. The Bertz CT molecular complexity index is 120. The minimum absolute atomic E-state index is 0.126. The van der Waals surface area contributed by atoms with Crippen molar-refractivity contribution in [2.75, 3.05) is 25.1 Å². The summed E-state index contributed by atoms with van der Waals surface area (Å²) >= 11 is 1.80.